The Hall–Kier alpha value is -2.42. The van der Waals surface area contributed by atoms with Crippen LogP contribution in [0.2, 0.25) is 0 Å². The van der Waals surface area contributed by atoms with E-state index in [1.54, 1.807) is 42.5 Å². The predicted octanol–water partition coefficient (Wildman–Crippen LogP) is 2.50. The zero-order chi connectivity index (χ0) is 20.1. The fourth-order valence-electron chi connectivity index (χ4n) is 2.90. The lowest BCUT2D eigenvalue weighted by Gasteiger charge is -2.26. The number of carbonyl (C=O) groups is 1. The summed E-state index contributed by atoms with van der Waals surface area (Å²) in [6.45, 7) is 3.15. The fourth-order valence-corrected chi connectivity index (χ4v) is 4.38. The van der Waals surface area contributed by atoms with Crippen molar-refractivity contribution < 1.29 is 27.4 Å². The summed E-state index contributed by atoms with van der Waals surface area (Å²) >= 11 is 0. The monoisotopic (exact) mass is 405 g/mol. The molecule has 1 aliphatic heterocycles. The van der Waals surface area contributed by atoms with Crippen LogP contribution in [0, 0.1) is 0 Å². The first kappa shape index (κ1) is 20.3. The molecule has 1 aliphatic rings. The van der Waals surface area contributed by atoms with Gasteiger partial charge in [-0.15, -0.1) is 0 Å². The van der Waals surface area contributed by atoms with Crippen LogP contribution in [-0.4, -0.2) is 51.9 Å². The Kier molecular flexibility index (Phi) is 6.33. The fraction of sp³-hybridized carbons (Fsp3) is 0.350. The van der Waals surface area contributed by atoms with Gasteiger partial charge in [0, 0.05) is 18.7 Å². The van der Waals surface area contributed by atoms with Crippen molar-refractivity contribution in [3.05, 3.63) is 53.6 Å². The molecule has 0 aromatic heterocycles. The summed E-state index contributed by atoms with van der Waals surface area (Å²) in [5, 5.41) is 0. The predicted molar refractivity (Wildman–Crippen MR) is 103 cm³/mol. The SMILES string of the molecule is COc1cc(C(C)=O)ccc1OCc1cccc(S(=O)(=O)N2CCOCC2)c1. The van der Waals surface area contributed by atoms with E-state index in [2.05, 4.69) is 0 Å². The van der Waals surface area contributed by atoms with Crippen molar-refractivity contribution in [2.75, 3.05) is 33.4 Å². The van der Waals surface area contributed by atoms with Crippen LogP contribution in [0.4, 0.5) is 0 Å². The Morgan fingerprint density at radius 2 is 1.86 bits per heavy atom. The Bertz CT molecular complexity index is 951. The van der Waals surface area contributed by atoms with E-state index in [0.29, 0.717) is 48.9 Å². The number of rotatable bonds is 7. The van der Waals surface area contributed by atoms with E-state index in [0.717, 1.165) is 0 Å². The van der Waals surface area contributed by atoms with E-state index in [9.17, 15) is 13.2 Å². The molecule has 8 heteroatoms. The van der Waals surface area contributed by atoms with Crippen molar-refractivity contribution in [1.29, 1.82) is 0 Å². The molecule has 0 aliphatic carbocycles. The third kappa shape index (κ3) is 4.52. The van der Waals surface area contributed by atoms with Gasteiger partial charge in [0.25, 0.3) is 0 Å². The first-order chi connectivity index (χ1) is 13.4. The smallest absolute Gasteiger partial charge is 0.243 e. The minimum Gasteiger partial charge on any atom is -0.493 e. The first-order valence-electron chi connectivity index (χ1n) is 8.90. The number of benzene rings is 2. The van der Waals surface area contributed by atoms with Gasteiger partial charge in [-0.3, -0.25) is 4.79 Å². The molecule has 3 rings (SSSR count). The van der Waals surface area contributed by atoms with Crippen LogP contribution in [0.25, 0.3) is 0 Å². The molecule has 150 valence electrons. The van der Waals surface area contributed by atoms with Crippen LogP contribution in [0.5, 0.6) is 11.5 Å². The summed E-state index contributed by atoms with van der Waals surface area (Å²) in [5.41, 5.74) is 1.25. The van der Waals surface area contributed by atoms with E-state index < -0.39 is 10.0 Å². The molecule has 0 saturated carbocycles. The number of ether oxygens (including phenoxy) is 3. The molecule has 1 heterocycles. The summed E-state index contributed by atoms with van der Waals surface area (Å²) < 4.78 is 43.3. The summed E-state index contributed by atoms with van der Waals surface area (Å²) in [6.07, 6.45) is 0. The van der Waals surface area contributed by atoms with Crippen LogP contribution in [0.15, 0.2) is 47.4 Å². The third-order valence-electron chi connectivity index (χ3n) is 4.47. The molecule has 0 spiro atoms. The molecule has 0 N–H and O–H groups in total. The van der Waals surface area contributed by atoms with Crippen molar-refractivity contribution in [2.45, 2.75) is 18.4 Å². The lowest BCUT2D eigenvalue weighted by Crippen LogP contribution is -2.40. The summed E-state index contributed by atoms with van der Waals surface area (Å²) in [5.74, 6) is 0.865. The maximum atomic E-state index is 12.8. The van der Waals surface area contributed by atoms with Crippen molar-refractivity contribution in [2.24, 2.45) is 0 Å². The van der Waals surface area contributed by atoms with E-state index in [-0.39, 0.29) is 17.3 Å². The van der Waals surface area contributed by atoms with Gasteiger partial charge in [0.15, 0.2) is 17.3 Å². The maximum Gasteiger partial charge on any atom is 0.243 e. The van der Waals surface area contributed by atoms with Crippen LogP contribution in [0.1, 0.15) is 22.8 Å². The van der Waals surface area contributed by atoms with Gasteiger partial charge in [0.05, 0.1) is 25.2 Å². The second kappa shape index (κ2) is 8.72. The van der Waals surface area contributed by atoms with Crippen molar-refractivity contribution in [3.8, 4) is 11.5 Å². The van der Waals surface area contributed by atoms with E-state index in [1.807, 2.05) is 0 Å². The molecule has 7 nitrogen and oxygen atoms in total. The lowest BCUT2D eigenvalue weighted by atomic mass is 10.1. The average Bonchev–Trinajstić information content (AvgIpc) is 2.72. The number of nitrogens with zero attached hydrogens (tertiary/aromatic N) is 1. The van der Waals surface area contributed by atoms with Gasteiger partial charge in [0.1, 0.15) is 6.61 Å². The number of morpholine rings is 1. The summed E-state index contributed by atoms with van der Waals surface area (Å²) in [6, 6.07) is 11.6. The second-order valence-corrected chi connectivity index (χ2v) is 8.31. The Morgan fingerprint density at radius 3 is 2.54 bits per heavy atom. The molecule has 2 aromatic rings. The van der Waals surface area contributed by atoms with E-state index in [1.165, 1.54) is 18.3 Å². The largest absolute Gasteiger partial charge is 0.493 e. The molecule has 1 saturated heterocycles. The minimum atomic E-state index is -3.56. The Labute approximate surface area is 164 Å². The average molecular weight is 405 g/mol. The molecule has 0 radical (unpaired) electrons. The molecule has 28 heavy (non-hydrogen) atoms. The Balaban J connectivity index is 1.76. The topological polar surface area (TPSA) is 82.1 Å². The van der Waals surface area contributed by atoms with Crippen LogP contribution >= 0.6 is 0 Å². The zero-order valence-corrected chi connectivity index (χ0v) is 16.7. The van der Waals surface area contributed by atoms with Crippen molar-refractivity contribution in [1.82, 2.24) is 4.31 Å². The molecule has 0 bridgehead atoms. The highest BCUT2D eigenvalue weighted by atomic mass is 32.2. The van der Waals surface area contributed by atoms with E-state index in [4.69, 9.17) is 14.2 Å². The number of carbonyl (C=O) groups excluding carboxylic acids is 1. The molecule has 0 atom stereocenters. The molecular formula is C20H23NO6S. The minimum absolute atomic E-state index is 0.0640. The third-order valence-corrected chi connectivity index (χ3v) is 6.37. The van der Waals surface area contributed by atoms with Crippen molar-refractivity contribution in [3.63, 3.8) is 0 Å². The van der Waals surface area contributed by atoms with Crippen molar-refractivity contribution >= 4 is 15.8 Å². The van der Waals surface area contributed by atoms with Crippen LogP contribution in [-0.2, 0) is 21.4 Å². The highest BCUT2D eigenvalue weighted by Gasteiger charge is 2.26. The summed E-state index contributed by atoms with van der Waals surface area (Å²) in [4.78, 5) is 11.7. The van der Waals surface area contributed by atoms with Gasteiger partial charge in [-0.1, -0.05) is 12.1 Å². The number of hydrogen-bond donors (Lipinski definition) is 0. The highest BCUT2D eigenvalue weighted by molar-refractivity contribution is 7.89. The number of methoxy groups -OCH3 is 1. The lowest BCUT2D eigenvalue weighted by molar-refractivity contribution is 0.0730. The molecule has 1 fully saturated rings. The standard InChI is InChI=1S/C20H23NO6S/c1-15(22)17-6-7-19(20(13-17)25-2)27-14-16-4-3-5-18(12-16)28(23,24)21-8-10-26-11-9-21/h3-7,12-13H,8-11,14H2,1-2H3. The van der Waals surface area contributed by atoms with Crippen LogP contribution < -0.4 is 9.47 Å². The van der Waals surface area contributed by atoms with Gasteiger partial charge in [-0.05, 0) is 42.8 Å². The highest BCUT2D eigenvalue weighted by Crippen LogP contribution is 2.29. The van der Waals surface area contributed by atoms with Gasteiger partial charge in [-0.2, -0.15) is 4.31 Å². The van der Waals surface area contributed by atoms with E-state index >= 15 is 0 Å². The molecule has 2 aromatic carbocycles. The normalized spacial score (nSPS) is 15.2. The van der Waals surface area contributed by atoms with Gasteiger partial charge < -0.3 is 14.2 Å². The number of hydrogen-bond acceptors (Lipinski definition) is 6. The van der Waals surface area contributed by atoms with Gasteiger partial charge in [0.2, 0.25) is 10.0 Å². The number of Topliss-reactive ketones (excluding diaryl/α,β-unsaturated/α-hetero) is 1. The van der Waals surface area contributed by atoms with Gasteiger partial charge >= 0.3 is 0 Å². The first-order valence-corrected chi connectivity index (χ1v) is 10.3. The molecule has 0 unspecified atom stereocenters. The Morgan fingerprint density at radius 1 is 1.11 bits per heavy atom. The maximum absolute atomic E-state index is 12.8. The second-order valence-electron chi connectivity index (χ2n) is 6.37. The van der Waals surface area contributed by atoms with Gasteiger partial charge in [-0.25, -0.2) is 8.42 Å². The van der Waals surface area contributed by atoms with Crippen LogP contribution in [0.3, 0.4) is 0 Å². The molecular weight excluding hydrogens is 382 g/mol. The zero-order valence-electron chi connectivity index (χ0n) is 15.9. The molecule has 0 amide bonds. The number of sulfonamides is 1. The summed E-state index contributed by atoms with van der Waals surface area (Å²) in [7, 11) is -2.06. The quantitative estimate of drug-likeness (QED) is 0.659. The number of ketones is 1.